The van der Waals surface area contributed by atoms with Crippen LogP contribution in [0.25, 0.3) is 11.3 Å². The summed E-state index contributed by atoms with van der Waals surface area (Å²) in [6.07, 6.45) is 3.06. The van der Waals surface area contributed by atoms with E-state index in [0.717, 1.165) is 11.1 Å². The SMILES string of the molecule is Cc1onc(-c2ccc(Cl)nc2)c1Cn1nccc(Cl)c1=O. The topological polar surface area (TPSA) is 73.8 Å². The van der Waals surface area contributed by atoms with Gasteiger partial charge in [0.1, 0.15) is 21.6 Å². The van der Waals surface area contributed by atoms with Crippen molar-refractivity contribution in [3.05, 3.63) is 62.4 Å². The first-order chi connectivity index (χ1) is 10.6. The first kappa shape index (κ1) is 14.7. The van der Waals surface area contributed by atoms with Crippen molar-refractivity contribution in [1.82, 2.24) is 19.9 Å². The zero-order valence-electron chi connectivity index (χ0n) is 11.5. The van der Waals surface area contributed by atoms with Crippen LogP contribution in [-0.2, 0) is 6.54 Å². The fourth-order valence-electron chi connectivity index (χ4n) is 2.01. The van der Waals surface area contributed by atoms with Gasteiger partial charge >= 0.3 is 0 Å². The summed E-state index contributed by atoms with van der Waals surface area (Å²) in [7, 11) is 0. The van der Waals surface area contributed by atoms with E-state index in [-0.39, 0.29) is 17.1 Å². The van der Waals surface area contributed by atoms with Gasteiger partial charge in [-0.15, -0.1) is 0 Å². The summed E-state index contributed by atoms with van der Waals surface area (Å²) in [6.45, 7) is 1.97. The van der Waals surface area contributed by atoms with E-state index in [2.05, 4.69) is 15.2 Å². The van der Waals surface area contributed by atoms with Gasteiger partial charge in [0.15, 0.2) is 0 Å². The van der Waals surface area contributed by atoms with Crippen molar-refractivity contribution in [2.24, 2.45) is 0 Å². The van der Waals surface area contributed by atoms with E-state index in [4.69, 9.17) is 27.7 Å². The minimum atomic E-state index is -0.370. The zero-order valence-corrected chi connectivity index (χ0v) is 13.0. The maximum atomic E-state index is 12.0. The molecule has 0 fully saturated rings. The van der Waals surface area contributed by atoms with Gasteiger partial charge in [0, 0.05) is 23.5 Å². The lowest BCUT2D eigenvalue weighted by molar-refractivity contribution is 0.397. The molecule has 3 heterocycles. The lowest BCUT2D eigenvalue weighted by Crippen LogP contribution is -2.23. The molecule has 3 rings (SSSR count). The minimum absolute atomic E-state index is 0.110. The Morgan fingerprint density at radius 1 is 1.27 bits per heavy atom. The van der Waals surface area contributed by atoms with Crippen LogP contribution < -0.4 is 5.56 Å². The summed E-state index contributed by atoms with van der Waals surface area (Å²) in [5.41, 5.74) is 1.70. The van der Waals surface area contributed by atoms with Gasteiger partial charge in [-0.3, -0.25) is 4.79 Å². The average molecular weight is 337 g/mol. The third-order valence-corrected chi connectivity index (χ3v) is 3.67. The van der Waals surface area contributed by atoms with Crippen LogP contribution in [-0.4, -0.2) is 19.9 Å². The van der Waals surface area contributed by atoms with Crippen molar-refractivity contribution in [2.75, 3.05) is 0 Å². The molecule has 0 unspecified atom stereocenters. The number of hydrogen-bond donors (Lipinski definition) is 0. The highest BCUT2D eigenvalue weighted by Crippen LogP contribution is 2.25. The Morgan fingerprint density at radius 2 is 2.09 bits per heavy atom. The molecule has 0 bridgehead atoms. The molecule has 0 atom stereocenters. The van der Waals surface area contributed by atoms with Gasteiger partial charge in [0.25, 0.3) is 5.56 Å². The molecule has 0 saturated carbocycles. The zero-order chi connectivity index (χ0) is 15.7. The standard InChI is InChI=1S/C14H10Cl2N4O2/c1-8-10(7-20-14(21)11(15)4-5-18-20)13(19-22-8)9-2-3-12(16)17-6-9/h2-6H,7H2,1H3. The Morgan fingerprint density at radius 3 is 2.82 bits per heavy atom. The molecule has 0 radical (unpaired) electrons. The third-order valence-electron chi connectivity index (χ3n) is 3.16. The number of rotatable bonds is 3. The van der Waals surface area contributed by atoms with Crippen molar-refractivity contribution >= 4 is 23.2 Å². The Balaban J connectivity index is 2.05. The number of aryl methyl sites for hydroxylation is 1. The lowest BCUT2D eigenvalue weighted by Gasteiger charge is -2.05. The summed E-state index contributed by atoms with van der Waals surface area (Å²) < 4.78 is 6.49. The number of nitrogens with zero attached hydrogens (tertiary/aromatic N) is 4. The molecule has 6 nitrogen and oxygen atoms in total. The molecule has 0 aliphatic heterocycles. The summed E-state index contributed by atoms with van der Waals surface area (Å²) in [5.74, 6) is 0.596. The second-order valence-electron chi connectivity index (χ2n) is 4.58. The molecular formula is C14H10Cl2N4O2. The van der Waals surface area contributed by atoms with Gasteiger partial charge in [-0.25, -0.2) is 9.67 Å². The number of halogens is 2. The Hall–Kier alpha value is -2.18. The highest BCUT2D eigenvalue weighted by molar-refractivity contribution is 6.30. The van der Waals surface area contributed by atoms with Crippen molar-refractivity contribution in [3.63, 3.8) is 0 Å². The Bertz CT molecular complexity index is 871. The Labute approximate surface area is 135 Å². The molecule has 0 amide bonds. The second kappa shape index (κ2) is 5.90. The fraction of sp³-hybridized carbons (Fsp3) is 0.143. The van der Waals surface area contributed by atoms with Crippen LogP contribution in [0.15, 0.2) is 39.9 Å². The van der Waals surface area contributed by atoms with Gasteiger partial charge in [0.2, 0.25) is 0 Å². The van der Waals surface area contributed by atoms with E-state index in [1.165, 1.54) is 16.9 Å². The molecule has 0 N–H and O–H groups in total. The van der Waals surface area contributed by atoms with E-state index in [1.807, 2.05) is 0 Å². The number of hydrogen-bond acceptors (Lipinski definition) is 5. The average Bonchev–Trinajstić information content (AvgIpc) is 2.86. The molecule has 3 aromatic rings. The predicted octanol–water partition coefficient (Wildman–Crippen LogP) is 2.96. The Kier molecular flexibility index (Phi) is 3.96. The number of pyridine rings is 1. The summed E-state index contributed by atoms with van der Waals surface area (Å²) >= 11 is 11.6. The van der Waals surface area contributed by atoms with E-state index in [9.17, 15) is 4.79 Å². The molecule has 8 heteroatoms. The van der Waals surface area contributed by atoms with Gasteiger partial charge in [0.05, 0.1) is 6.54 Å². The monoisotopic (exact) mass is 336 g/mol. The molecule has 22 heavy (non-hydrogen) atoms. The van der Waals surface area contributed by atoms with Crippen LogP contribution in [0.4, 0.5) is 0 Å². The van der Waals surface area contributed by atoms with Crippen LogP contribution >= 0.6 is 23.2 Å². The lowest BCUT2D eigenvalue weighted by atomic mass is 10.1. The van der Waals surface area contributed by atoms with Crippen LogP contribution in [0.1, 0.15) is 11.3 Å². The normalized spacial score (nSPS) is 10.9. The van der Waals surface area contributed by atoms with E-state index in [0.29, 0.717) is 16.6 Å². The van der Waals surface area contributed by atoms with Crippen LogP contribution in [0.2, 0.25) is 10.2 Å². The fourth-order valence-corrected chi connectivity index (χ4v) is 2.27. The molecule has 0 aromatic carbocycles. The molecule has 112 valence electrons. The van der Waals surface area contributed by atoms with E-state index in [1.54, 1.807) is 25.3 Å². The van der Waals surface area contributed by atoms with E-state index >= 15 is 0 Å². The summed E-state index contributed by atoms with van der Waals surface area (Å²) in [4.78, 5) is 16.0. The van der Waals surface area contributed by atoms with Gasteiger partial charge in [-0.2, -0.15) is 5.10 Å². The molecule has 0 spiro atoms. The molecular weight excluding hydrogens is 327 g/mol. The largest absolute Gasteiger partial charge is 0.361 e. The van der Waals surface area contributed by atoms with Crippen molar-refractivity contribution < 1.29 is 4.52 Å². The van der Waals surface area contributed by atoms with Gasteiger partial charge in [-0.1, -0.05) is 28.4 Å². The van der Waals surface area contributed by atoms with Crippen LogP contribution in [0.3, 0.4) is 0 Å². The van der Waals surface area contributed by atoms with Gasteiger partial charge < -0.3 is 4.52 Å². The molecule has 3 aromatic heterocycles. The molecule has 0 saturated heterocycles. The maximum absolute atomic E-state index is 12.0. The highest BCUT2D eigenvalue weighted by atomic mass is 35.5. The first-order valence-corrected chi connectivity index (χ1v) is 7.10. The van der Waals surface area contributed by atoms with Crippen molar-refractivity contribution in [3.8, 4) is 11.3 Å². The van der Waals surface area contributed by atoms with Gasteiger partial charge in [-0.05, 0) is 25.1 Å². The smallest absolute Gasteiger partial charge is 0.285 e. The molecule has 0 aliphatic rings. The number of aromatic nitrogens is 4. The minimum Gasteiger partial charge on any atom is -0.361 e. The molecule has 0 aliphatic carbocycles. The first-order valence-electron chi connectivity index (χ1n) is 6.35. The van der Waals surface area contributed by atoms with Crippen molar-refractivity contribution in [2.45, 2.75) is 13.5 Å². The third kappa shape index (κ3) is 2.75. The summed E-state index contributed by atoms with van der Waals surface area (Å²) in [6, 6.07) is 4.89. The highest BCUT2D eigenvalue weighted by Gasteiger charge is 2.17. The van der Waals surface area contributed by atoms with Crippen LogP contribution in [0, 0.1) is 6.92 Å². The van der Waals surface area contributed by atoms with E-state index < -0.39 is 0 Å². The quantitative estimate of drug-likeness (QED) is 0.687. The van der Waals surface area contributed by atoms with Crippen molar-refractivity contribution in [1.29, 1.82) is 0 Å². The van der Waals surface area contributed by atoms with Crippen LogP contribution in [0.5, 0.6) is 0 Å². The summed E-state index contributed by atoms with van der Waals surface area (Å²) in [5, 5.41) is 8.54. The predicted molar refractivity (Wildman–Crippen MR) is 82.1 cm³/mol. The second-order valence-corrected chi connectivity index (χ2v) is 5.37. The maximum Gasteiger partial charge on any atom is 0.285 e.